The van der Waals surface area contributed by atoms with Crippen LogP contribution in [0, 0.1) is 0 Å². The lowest BCUT2D eigenvalue weighted by molar-refractivity contribution is 1.95. The van der Waals surface area contributed by atoms with Gasteiger partial charge in [-0.15, -0.1) is 45.3 Å². The zero-order chi connectivity index (χ0) is 22.0. The fourth-order valence-electron chi connectivity index (χ4n) is 5.45. The first-order chi connectivity index (χ1) is 16.8. The van der Waals surface area contributed by atoms with E-state index in [1.165, 1.54) is 82.1 Å². The molecule has 0 aliphatic heterocycles. The summed E-state index contributed by atoms with van der Waals surface area (Å²) in [6, 6.07) is 28.3. The van der Waals surface area contributed by atoms with E-state index in [9.17, 15) is 0 Å². The van der Waals surface area contributed by atoms with E-state index in [1.54, 1.807) is 0 Å². The molecule has 0 spiro atoms. The summed E-state index contributed by atoms with van der Waals surface area (Å²) in [6.45, 7) is 0. The number of benzene rings is 5. The van der Waals surface area contributed by atoms with Gasteiger partial charge in [0.05, 0.1) is 0 Å². The Morgan fingerprint density at radius 1 is 0.324 bits per heavy atom. The molecule has 0 bridgehead atoms. The van der Waals surface area contributed by atoms with E-state index >= 15 is 0 Å². The van der Waals surface area contributed by atoms with E-state index in [0.717, 1.165) is 0 Å². The molecule has 4 heterocycles. The molecular formula is C30H14S4. The standard InChI is InChI=1S/C30H14S4/c1-3-31-25-9-19-11-27-21(7-17(19)5-15(1)25)23-13-30-24(14-29(23)33-27)22-8-18-6-16-2-4-32-26(16)10-20(18)12-28(22)34-30/h1-14H. The van der Waals surface area contributed by atoms with Gasteiger partial charge in [0, 0.05) is 49.7 Å². The molecule has 9 rings (SSSR count). The van der Waals surface area contributed by atoms with Crippen molar-refractivity contribution in [1.82, 2.24) is 0 Å². The Hall–Kier alpha value is -3.02. The molecule has 4 heteroatoms. The van der Waals surface area contributed by atoms with Crippen LogP contribution in [-0.2, 0) is 0 Å². The lowest BCUT2D eigenvalue weighted by atomic mass is 10.0. The molecule has 0 saturated carbocycles. The summed E-state index contributed by atoms with van der Waals surface area (Å²) >= 11 is 7.50. The molecule has 0 saturated heterocycles. The van der Waals surface area contributed by atoms with Crippen LogP contribution in [0.3, 0.4) is 0 Å². The topological polar surface area (TPSA) is 0 Å². The lowest BCUT2D eigenvalue weighted by Crippen LogP contribution is -1.74. The molecule has 0 aliphatic carbocycles. The van der Waals surface area contributed by atoms with E-state index in [1.807, 2.05) is 45.3 Å². The van der Waals surface area contributed by atoms with Crippen LogP contribution >= 0.6 is 45.3 Å². The molecular weight excluding hydrogens is 489 g/mol. The van der Waals surface area contributed by atoms with Crippen LogP contribution < -0.4 is 0 Å². The predicted molar refractivity (Wildman–Crippen MR) is 158 cm³/mol. The van der Waals surface area contributed by atoms with Crippen molar-refractivity contribution >= 4 is 127 Å². The molecule has 158 valence electrons. The maximum atomic E-state index is 2.44. The Morgan fingerprint density at radius 2 is 0.706 bits per heavy atom. The SMILES string of the molecule is c1cc2cc3cc4c(cc3cc2s1)sc1cc2c(cc14)sc1cc3cc4sccc4cc3cc12. The minimum atomic E-state index is 1.33. The van der Waals surface area contributed by atoms with Crippen LogP contribution in [0.2, 0.25) is 0 Å². The van der Waals surface area contributed by atoms with Gasteiger partial charge < -0.3 is 0 Å². The smallest absolute Gasteiger partial charge is 0.0362 e. The number of fused-ring (bicyclic) bond motifs is 10. The number of thiophene rings is 4. The Morgan fingerprint density at radius 3 is 1.21 bits per heavy atom. The first-order valence-electron chi connectivity index (χ1n) is 11.2. The molecule has 0 nitrogen and oxygen atoms in total. The van der Waals surface area contributed by atoms with E-state index in [4.69, 9.17) is 0 Å². The summed E-state index contributed by atoms with van der Waals surface area (Å²) in [5.41, 5.74) is 0. The maximum absolute atomic E-state index is 2.44. The van der Waals surface area contributed by atoms with Gasteiger partial charge in [-0.3, -0.25) is 0 Å². The highest BCUT2D eigenvalue weighted by molar-refractivity contribution is 7.27. The van der Waals surface area contributed by atoms with Gasteiger partial charge in [-0.1, -0.05) is 0 Å². The van der Waals surface area contributed by atoms with E-state index in [2.05, 4.69) is 83.6 Å². The Bertz CT molecular complexity index is 2120. The molecule has 0 atom stereocenters. The van der Waals surface area contributed by atoms with E-state index in [0.29, 0.717) is 0 Å². The van der Waals surface area contributed by atoms with Gasteiger partial charge in [0.1, 0.15) is 0 Å². The molecule has 34 heavy (non-hydrogen) atoms. The third-order valence-electron chi connectivity index (χ3n) is 7.12. The minimum absolute atomic E-state index is 1.33. The quantitative estimate of drug-likeness (QED) is 0.193. The largest absolute Gasteiger partial charge is 0.144 e. The number of rotatable bonds is 0. The summed E-state index contributed by atoms with van der Waals surface area (Å²) in [6.07, 6.45) is 0. The fourth-order valence-corrected chi connectivity index (χ4v) is 9.41. The van der Waals surface area contributed by atoms with Crippen LogP contribution in [0.15, 0.2) is 83.6 Å². The second kappa shape index (κ2) is 6.35. The molecule has 0 radical (unpaired) electrons. The number of hydrogen-bond donors (Lipinski definition) is 0. The Kier molecular flexibility index (Phi) is 3.42. The first kappa shape index (κ1) is 18.3. The summed E-state index contributed by atoms with van der Waals surface area (Å²) < 4.78 is 8.26. The average Bonchev–Trinajstić information content (AvgIpc) is 3.61. The van der Waals surface area contributed by atoms with Gasteiger partial charge in [-0.25, -0.2) is 0 Å². The van der Waals surface area contributed by atoms with Crippen molar-refractivity contribution in [2.45, 2.75) is 0 Å². The molecule has 0 N–H and O–H groups in total. The summed E-state index contributed by atoms with van der Waals surface area (Å²) in [7, 11) is 0. The first-order valence-corrected chi connectivity index (χ1v) is 14.6. The second-order valence-electron chi connectivity index (χ2n) is 9.06. The molecule has 0 amide bonds. The van der Waals surface area contributed by atoms with Crippen LogP contribution in [0.25, 0.3) is 82.1 Å². The molecule has 4 aromatic heterocycles. The van der Waals surface area contributed by atoms with Crippen molar-refractivity contribution < 1.29 is 0 Å². The Labute approximate surface area is 209 Å². The highest BCUT2D eigenvalue weighted by Gasteiger charge is 2.13. The maximum Gasteiger partial charge on any atom is 0.0362 e. The average molecular weight is 503 g/mol. The van der Waals surface area contributed by atoms with Crippen LogP contribution in [0.1, 0.15) is 0 Å². The molecule has 9 aromatic rings. The molecule has 0 unspecified atom stereocenters. The van der Waals surface area contributed by atoms with Gasteiger partial charge in [0.25, 0.3) is 0 Å². The monoisotopic (exact) mass is 502 g/mol. The van der Waals surface area contributed by atoms with Crippen LogP contribution in [-0.4, -0.2) is 0 Å². The highest BCUT2D eigenvalue weighted by atomic mass is 32.1. The van der Waals surface area contributed by atoms with Crippen molar-refractivity contribution in [3.05, 3.63) is 83.6 Å². The zero-order valence-electron chi connectivity index (χ0n) is 17.7. The summed E-state index contributed by atoms with van der Waals surface area (Å²) in [4.78, 5) is 0. The minimum Gasteiger partial charge on any atom is -0.144 e. The second-order valence-corrected chi connectivity index (χ2v) is 13.1. The lowest BCUT2D eigenvalue weighted by Gasteiger charge is -2.01. The zero-order valence-corrected chi connectivity index (χ0v) is 21.0. The van der Waals surface area contributed by atoms with Crippen molar-refractivity contribution in [1.29, 1.82) is 0 Å². The molecule has 5 aromatic carbocycles. The van der Waals surface area contributed by atoms with Crippen LogP contribution in [0.5, 0.6) is 0 Å². The summed E-state index contributed by atoms with van der Waals surface area (Å²) in [5, 5.41) is 17.9. The fraction of sp³-hybridized carbons (Fsp3) is 0. The van der Waals surface area contributed by atoms with Gasteiger partial charge in [0.15, 0.2) is 0 Å². The summed E-state index contributed by atoms with van der Waals surface area (Å²) in [5.74, 6) is 0. The number of hydrogen-bond acceptors (Lipinski definition) is 4. The van der Waals surface area contributed by atoms with Crippen molar-refractivity contribution in [3.8, 4) is 0 Å². The van der Waals surface area contributed by atoms with Crippen LogP contribution in [0.4, 0.5) is 0 Å². The van der Waals surface area contributed by atoms with Gasteiger partial charge in [0.2, 0.25) is 0 Å². The molecule has 0 fully saturated rings. The van der Waals surface area contributed by atoms with Crippen molar-refractivity contribution in [2.75, 3.05) is 0 Å². The van der Waals surface area contributed by atoms with Gasteiger partial charge >= 0.3 is 0 Å². The Balaban J connectivity index is 1.36. The third-order valence-corrected chi connectivity index (χ3v) is 11.1. The van der Waals surface area contributed by atoms with Gasteiger partial charge in [-0.05, 0) is 116 Å². The third kappa shape index (κ3) is 2.41. The highest BCUT2D eigenvalue weighted by Crippen LogP contribution is 2.44. The normalized spacial score (nSPS) is 12.7. The van der Waals surface area contributed by atoms with Gasteiger partial charge in [-0.2, -0.15) is 0 Å². The van der Waals surface area contributed by atoms with E-state index in [-0.39, 0.29) is 0 Å². The predicted octanol–water partition coefficient (Wildman–Crippen LogP) is 11.2. The molecule has 0 aliphatic rings. The van der Waals surface area contributed by atoms with E-state index < -0.39 is 0 Å². The van der Waals surface area contributed by atoms with Crippen molar-refractivity contribution in [3.63, 3.8) is 0 Å². The van der Waals surface area contributed by atoms with Crippen molar-refractivity contribution in [2.24, 2.45) is 0 Å².